The second-order valence-corrected chi connectivity index (χ2v) is 7.36. The molecule has 1 aliphatic heterocycles. The lowest BCUT2D eigenvalue weighted by molar-refractivity contribution is -0.131. The summed E-state index contributed by atoms with van der Waals surface area (Å²) in [5.41, 5.74) is 1.22. The molecule has 1 saturated heterocycles. The van der Waals surface area contributed by atoms with Gasteiger partial charge in [-0.15, -0.1) is 11.8 Å². The largest absolute Gasteiger partial charge is 0.459 e. The van der Waals surface area contributed by atoms with Crippen molar-refractivity contribution in [1.29, 1.82) is 0 Å². The molecule has 132 valence electrons. The number of amides is 2. The number of nitrogens with zero attached hydrogens (tertiary/aromatic N) is 2. The topological polar surface area (TPSA) is 53.8 Å². The molecule has 2 aromatic rings. The Morgan fingerprint density at radius 2 is 1.72 bits per heavy atom. The predicted octanol–water partition coefficient (Wildman–Crippen LogP) is 2.89. The van der Waals surface area contributed by atoms with E-state index < -0.39 is 0 Å². The number of piperazine rings is 1. The first-order chi connectivity index (χ1) is 12.1. The molecule has 1 fully saturated rings. The van der Waals surface area contributed by atoms with Gasteiger partial charge in [-0.05, 0) is 24.6 Å². The number of benzene rings is 1. The van der Waals surface area contributed by atoms with E-state index >= 15 is 0 Å². The fourth-order valence-electron chi connectivity index (χ4n) is 2.81. The highest BCUT2D eigenvalue weighted by Crippen LogP contribution is 2.20. The highest BCUT2D eigenvalue weighted by Gasteiger charge is 2.28. The summed E-state index contributed by atoms with van der Waals surface area (Å²) in [6, 6.07) is 13.5. The van der Waals surface area contributed by atoms with Gasteiger partial charge in [-0.3, -0.25) is 9.59 Å². The zero-order chi connectivity index (χ0) is 17.6. The Labute approximate surface area is 152 Å². The Kier molecular flexibility index (Phi) is 5.81. The van der Waals surface area contributed by atoms with E-state index in [1.165, 1.54) is 11.8 Å². The third-order valence-electron chi connectivity index (χ3n) is 4.30. The maximum atomic E-state index is 12.6. The first kappa shape index (κ1) is 17.6. The third-order valence-corrected chi connectivity index (χ3v) is 5.50. The number of carbonyl (C=O) groups is 2. The summed E-state index contributed by atoms with van der Waals surface area (Å²) in [6.07, 6.45) is 1.50. The van der Waals surface area contributed by atoms with Crippen LogP contribution in [0, 0.1) is 0 Å². The van der Waals surface area contributed by atoms with Crippen molar-refractivity contribution < 1.29 is 14.0 Å². The lowest BCUT2D eigenvalue weighted by atomic mass is 10.2. The molecule has 0 radical (unpaired) electrons. The first-order valence-electron chi connectivity index (χ1n) is 8.42. The van der Waals surface area contributed by atoms with Crippen LogP contribution in [-0.4, -0.2) is 53.0 Å². The van der Waals surface area contributed by atoms with E-state index in [9.17, 15) is 9.59 Å². The molecule has 3 rings (SSSR count). The molecule has 6 heteroatoms. The predicted molar refractivity (Wildman–Crippen MR) is 98.4 cm³/mol. The minimum absolute atomic E-state index is 0.0902. The van der Waals surface area contributed by atoms with Crippen LogP contribution in [0.25, 0.3) is 0 Å². The van der Waals surface area contributed by atoms with Gasteiger partial charge in [0.1, 0.15) is 0 Å². The van der Waals surface area contributed by atoms with Gasteiger partial charge in [-0.2, -0.15) is 0 Å². The Hall–Kier alpha value is -2.21. The van der Waals surface area contributed by atoms with Crippen LogP contribution < -0.4 is 0 Å². The molecule has 1 aromatic heterocycles. The van der Waals surface area contributed by atoms with Crippen molar-refractivity contribution in [3.05, 3.63) is 60.1 Å². The summed E-state index contributed by atoms with van der Waals surface area (Å²) in [5, 5.41) is -0.0902. The van der Waals surface area contributed by atoms with Gasteiger partial charge in [-0.1, -0.05) is 30.3 Å². The number of hydrogen-bond donors (Lipinski definition) is 0. The van der Waals surface area contributed by atoms with Gasteiger partial charge in [0.2, 0.25) is 5.91 Å². The Balaban J connectivity index is 1.47. The van der Waals surface area contributed by atoms with Crippen molar-refractivity contribution in [3.63, 3.8) is 0 Å². The maximum Gasteiger partial charge on any atom is 0.289 e. The number of rotatable bonds is 5. The molecule has 1 aliphatic rings. The molecule has 2 amide bonds. The van der Waals surface area contributed by atoms with Crippen LogP contribution in [0.15, 0.2) is 53.1 Å². The molecule has 1 atom stereocenters. The van der Waals surface area contributed by atoms with Gasteiger partial charge >= 0.3 is 0 Å². The van der Waals surface area contributed by atoms with E-state index in [4.69, 9.17) is 4.42 Å². The highest BCUT2D eigenvalue weighted by atomic mass is 32.2. The normalized spacial score (nSPS) is 15.9. The second-order valence-electron chi connectivity index (χ2n) is 6.03. The molecular formula is C19H22N2O3S. The lowest BCUT2D eigenvalue weighted by Gasteiger charge is -2.35. The quantitative estimate of drug-likeness (QED) is 0.825. The molecule has 0 bridgehead atoms. The van der Waals surface area contributed by atoms with E-state index in [1.807, 2.05) is 30.0 Å². The third kappa shape index (κ3) is 4.45. The van der Waals surface area contributed by atoms with Crippen molar-refractivity contribution in [2.45, 2.75) is 17.9 Å². The standard InChI is InChI=1S/C19H22N2O3S/c1-15(25-14-16-6-3-2-4-7-16)18(22)20-9-11-21(12-10-20)19(23)17-8-5-13-24-17/h2-8,13,15H,9-12,14H2,1H3. The molecule has 1 aromatic carbocycles. The summed E-state index contributed by atoms with van der Waals surface area (Å²) in [4.78, 5) is 28.5. The average Bonchev–Trinajstić information content (AvgIpc) is 3.20. The molecule has 1 unspecified atom stereocenters. The van der Waals surface area contributed by atoms with Crippen LogP contribution in [0.2, 0.25) is 0 Å². The zero-order valence-corrected chi connectivity index (χ0v) is 15.1. The zero-order valence-electron chi connectivity index (χ0n) is 14.3. The van der Waals surface area contributed by atoms with Crippen molar-refractivity contribution in [2.24, 2.45) is 0 Å². The average molecular weight is 358 g/mol. The number of hydrogen-bond acceptors (Lipinski definition) is 4. The van der Waals surface area contributed by atoms with Crippen molar-refractivity contribution in [3.8, 4) is 0 Å². The van der Waals surface area contributed by atoms with E-state index in [-0.39, 0.29) is 17.1 Å². The van der Waals surface area contributed by atoms with Crippen LogP contribution in [0.1, 0.15) is 23.0 Å². The molecule has 0 spiro atoms. The Morgan fingerprint density at radius 1 is 1.04 bits per heavy atom. The maximum absolute atomic E-state index is 12.6. The minimum atomic E-state index is -0.108. The second kappa shape index (κ2) is 8.25. The van der Waals surface area contributed by atoms with E-state index in [1.54, 1.807) is 28.8 Å². The monoisotopic (exact) mass is 358 g/mol. The Morgan fingerprint density at radius 3 is 2.36 bits per heavy atom. The van der Waals surface area contributed by atoms with Crippen molar-refractivity contribution in [2.75, 3.05) is 26.2 Å². The van der Waals surface area contributed by atoms with E-state index in [0.717, 1.165) is 5.75 Å². The van der Waals surface area contributed by atoms with Gasteiger partial charge in [-0.25, -0.2) is 0 Å². The first-order valence-corrected chi connectivity index (χ1v) is 9.47. The lowest BCUT2D eigenvalue weighted by Crippen LogP contribution is -2.52. The van der Waals surface area contributed by atoms with Crippen molar-refractivity contribution >= 4 is 23.6 Å². The van der Waals surface area contributed by atoms with Gasteiger partial charge < -0.3 is 14.2 Å². The number of carbonyl (C=O) groups excluding carboxylic acids is 2. The molecule has 2 heterocycles. The fourth-order valence-corrected chi connectivity index (χ4v) is 3.74. The summed E-state index contributed by atoms with van der Waals surface area (Å²) >= 11 is 1.65. The fraction of sp³-hybridized carbons (Fsp3) is 0.368. The van der Waals surface area contributed by atoms with Gasteiger partial charge in [0.25, 0.3) is 5.91 Å². The van der Waals surface area contributed by atoms with Gasteiger partial charge in [0.05, 0.1) is 11.5 Å². The Bertz CT molecular complexity index is 695. The summed E-state index contributed by atoms with van der Waals surface area (Å²) in [5.74, 6) is 1.21. The van der Waals surface area contributed by atoms with Crippen LogP contribution in [0.3, 0.4) is 0 Å². The molecular weight excluding hydrogens is 336 g/mol. The molecule has 5 nitrogen and oxygen atoms in total. The molecule has 0 saturated carbocycles. The summed E-state index contributed by atoms with van der Waals surface area (Å²) in [6.45, 7) is 4.18. The number of thioether (sulfide) groups is 1. The van der Waals surface area contributed by atoms with Crippen LogP contribution in [-0.2, 0) is 10.5 Å². The smallest absolute Gasteiger partial charge is 0.289 e. The molecule has 25 heavy (non-hydrogen) atoms. The SMILES string of the molecule is CC(SCc1ccccc1)C(=O)N1CCN(C(=O)c2ccco2)CC1. The van der Waals surface area contributed by atoms with Crippen molar-refractivity contribution in [1.82, 2.24) is 9.80 Å². The van der Waals surface area contributed by atoms with Gasteiger partial charge in [0.15, 0.2) is 5.76 Å². The van der Waals surface area contributed by atoms with E-state index in [2.05, 4.69) is 12.1 Å². The van der Waals surface area contributed by atoms with Crippen LogP contribution in [0.5, 0.6) is 0 Å². The van der Waals surface area contributed by atoms with Crippen LogP contribution in [0.4, 0.5) is 0 Å². The van der Waals surface area contributed by atoms with Gasteiger partial charge in [0, 0.05) is 31.9 Å². The number of furan rings is 1. The van der Waals surface area contributed by atoms with Crippen LogP contribution >= 0.6 is 11.8 Å². The van der Waals surface area contributed by atoms with E-state index in [0.29, 0.717) is 31.9 Å². The summed E-state index contributed by atoms with van der Waals surface area (Å²) < 4.78 is 5.16. The summed E-state index contributed by atoms with van der Waals surface area (Å²) in [7, 11) is 0. The molecule has 0 aliphatic carbocycles. The minimum Gasteiger partial charge on any atom is -0.459 e. The highest BCUT2D eigenvalue weighted by molar-refractivity contribution is 7.99. The molecule has 0 N–H and O–H groups in total.